The molecular formula is C14H22ClN3O. The monoisotopic (exact) mass is 283 g/mol. The number of carbonyl (C=O) groups excluding carboxylic acids is 1. The van der Waals surface area contributed by atoms with E-state index in [0.717, 1.165) is 38.8 Å². The first kappa shape index (κ1) is 15.8. The van der Waals surface area contributed by atoms with E-state index in [9.17, 15) is 4.79 Å². The van der Waals surface area contributed by atoms with E-state index in [1.54, 1.807) is 6.07 Å². The van der Waals surface area contributed by atoms with Crippen molar-refractivity contribution in [2.45, 2.75) is 39.5 Å². The number of hydrogen-bond acceptors (Lipinski definition) is 3. The van der Waals surface area contributed by atoms with Crippen molar-refractivity contribution in [1.82, 2.24) is 9.88 Å². The Balaban J connectivity index is 2.87. The van der Waals surface area contributed by atoms with Gasteiger partial charge in [-0.3, -0.25) is 4.79 Å². The fraction of sp³-hybridized carbons (Fsp3) is 0.571. The van der Waals surface area contributed by atoms with Gasteiger partial charge in [-0.2, -0.15) is 0 Å². The summed E-state index contributed by atoms with van der Waals surface area (Å²) >= 11 is 5.84. The highest BCUT2D eigenvalue weighted by Gasteiger charge is 2.18. The zero-order chi connectivity index (χ0) is 14.3. The van der Waals surface area contributed by atoms with Gasteiger partial charge in [-0.05, 0) is 18.9 Å². The number of aromatic nitrogens is 1. The number of pyridine rings is 1. The molecular weight excluding hydrogens is 262 g/mol. The molecule has 1 amide bonds. The zero-order valence-corrected chi connectivity index (χ0v) is 12.4. The summed E-state index contributed by atoms with van der Waals surface area (Å²) < 4.78 is 0. The van der Waals surface area contributed by atoms with Crippen molar-refractivity contribution >= 4 is 23.2 Å². The molecule has 0 bridgehead atoms. The quantitative estimate of drug-likeness (QED) is 0.781. The molecule has 0 aromatic carbocycles. The zero-order valence-electron chi connectivity index (χ0n) is 11.7. The molecule has 1 heterocycles. The van der Waals surface area contributed by atoms with Crippen molar-refractivity contribution in [3.8, 4) is 0 Å². The third-order valence-corrected chi connectivity index (χ3v) is 3.19. The molecule has 0 aliphatic carbocycles. The molecule has 0 fully saturated rings. The summed E-state index contributed by atoms with van der Waals surface area (Å²) in [4.78, 5) is 18.2. The molecule has 0 aliphatic rings. The molecule has 0 saturated heterocycles. The van der Waals surface area contributed by atoms with Crippen LogP contribution in [-0.2, 0) is 0 Å². The fourth-order valence-electron chi connectivity index (χ4n) is 1.81. The van der Waals surface area contributed by atoms with Crippen molar-refractivity contribution in [2.24, 2.45) is 0 Å². The Kier molecular flexibility index (Phi) is 6.64. The van der Waals surface area contributed by atoms with Crippen LogP contribution in [0.25, 0.3) is 0 Å². The molecule has 5 heteroatoms. The molecule has 2 N–H and O–H groups in total. The summed E-state index contributed by atoms with van der Waals surface area (Å²) in [6, 6.07) is 1.55. The molecule has 0 saturated carbocycles. The molecule has 0 unspecified atom stereocenters. The Bertz CT molecular complexity index is 415. The largest absolute Gasteiger partial charge is 0.397 e. The summed E-state index contributed by atoms with van der Waals surface area (Å²) in [5.74, 6) is -0.0521. The molecule has 0 radical (unpaired) electrons. The van der Waals surface area contributed by atoms with Gasteiger partial charge in [0.1, 0.15) is 5.15 Å². The number of nitrogens with zero attached hydrogens (tertiary/aromatic N) is 2. The summed E-state index contributed by atoms with van der Waals surface area (Å²) in [5.41, 5.74) is 6.65. The van der Waals surface area contributed by atoms with Crippen molar-refractivity contribution in [2.75, 3.05) is 18.8 Å². The fourth-order valence-corrected chi connectivity index (χ4v) is 1.97. The van der Waals surface area contributed by atoms with Crippen molar-refractivity contribution < 1.29 is 4.79 Å². The highest BCUT2D eigenvalue weighted by atomic mass is 35.5. The van der Waals surface area contributed by atoms with Crippen LogP contribution in [-0.4, -0.2) is 28.9 Å². The second kappa shape index (κ2) is 8.00. The lowest BCUT2D eigenvalue weighted by molar-refractivity contribution is 0.0752. The van der Waals surface area contributed by atoms with Gasteiger partial charge in [0.15, 0.2) is 0 Å². The van der Waals surface area contributed by atoms with Gasteiger partial charge < -0.3 is 10.6 Å². The van der Waals surface area contributed by atoms with Gasteiger partial charge in [-0.1, -0.05) is 38.3 Å². The van der Waals surface area contributed by atoms with E-state index in [2.05, 4.69) is 18.8 Å². The Hall–Kier alpha value is -1.29. The summed E-state index contributed by atoms with van der Waals surface area (Å²) in [7, 11) is 0. The number of halogens is 1. The molecule has 0 atom stereocenters. The van der Waals surface area contributed by atoms with Crippen LogP contribution >= 0.6 is 11.6 Å². The van der Waals surface area contributed by atoms with Gasteiger partial charge in [0.05, 0.1) is 17.4 Å². The summed E-state index contributed by atoms with van der Waals surface area (Å²) in [6.45, 7) is 5.74. The van der Waals surface area contributed by atoms with Crippen LogP contribution in [0.4, 0.5) is 5.69 Å². The van der Waals surface area contributed by atoms with Crippen LogP contribution in [0.2, 0.25) is 5.15 Å². The molecule has 0 aliphatic heterocycles. The van der Waals surface area contributed by atoms with Gasteiger partial charge in [-0.15, -0.1) is 0 Å². The predicted octanol–water partition coefficient (Wildman–Crippen LogP) is 3.36. The lowest BCUT2D eigenvalue weighted by atomic mass is 10.1. The van der Waals surface area contributed by atoms with Crippen molar-refractivity contribution in [3.63, 3.8) is 0 Å². The van der Waals surface area contributed by atoms with Crippen LogP contribution in [0.5, 0.6) is 0 Å². The second-order valence-electron chi connectivity index (χ2n) is 4.59. The molecule has 106 valence electrons. The van der Waals surface area contributed by atoms with E-state index in [0.29, 0.717) is 16.4 Å². The maximum atomic E-state index is 12.5. The van der Waals surface area contributed by atoms with Crippen LogP contribution in [0.1, 0.15) is 49.9 Å². The SMILES string of the molecule is CCCCN(CCCC)C(=O)c1cc(Cl)ncc1N. The lowest BCUT2D eigenvalue weighted by Crippen LogP contribution is -2.33. The van der Waals surface area contributed by atoms with Gasteiger partial charge in [0.2, 0.25) is 0 Å². The average molecular weight is 284 g/mol. The molecule has 1 rings (SSSR count). The Morgan fingerprint density at radius 3 is 2.42 bits per heavy atom. The third-order valence-electron chi connectivity index (χ3n) is 2.98. The second-order valence-corrected chi connectivity index (χ2v) is 4.98. The molecule has 4 nitrogen and oxygen atoms in total. The Morgan fingerprint density at radius 2 is 1.89 bits per heavy atom. The Labute approximate surface area is 120 Å². The van der Waals surface area contributed by atoms with Gasteiger partial charge in [0.25, 0.3) is 5.91 Å². The summed E-state index contributed by atoms with van der Waals surface area (Å²) in [6.07, 6.45) is 5.54. The topological polar surface area (TPSA) is 59.2 Å². The lowest BCUT2D eigenvalue weighted by Gasteiger charge is -2.23. The number of hydrogen-bond donors (Lipinski definition) is 1. The Morgan fingerprint density at radius 1 is 1.32 bits per heavy atom. The molecule has 1 aromatic heterocycles. The average Bonchev–Trinajstić information content (AvgIpc) is 2.41. The maximum absolute atomic E-state index is 12.5. The number of nitrogens with two attached hydrogens (primary N) is 1. The number of carbonyl (C=O) groups is 1. The van der Waals surface area contributed by atoms with Crippen LogP contribution in [0.3, 0.4) is 0 Å². The van der Waals surface area contributed by atoms with E-state index >= 15 is 0 Å². The van der Waals surface area contributed by atoms with E-state index in [1.165, 1.54) is 6.20 Å². The maximum Gasteiger partial charge on any atom is 0.256 e. The standard InChI is InChI=1S/C14H22ClN3O/c1-3-5-7-18(8-6-4-2)14(19)11-9-13(15)17-10-12(11)16/h9-10H,3-8,16H2,1-2H3. The minimum Gasteiger partial charge on any atom is -0.397 e. The number of rotatable bonds is 7. The number of unbranched alkanes of at least 4 members (excludes halogenated alkanes) is 2. The number of amides is 1. The first-order chi connectivity index (χ1) is 9.10. The normalized spacial score (nSPS) is 10.5. The minimum atomic E-state index is -0.0521. The van der Waals surface area contributed by atoms with E-state index in [4.69, 9.17) is 17.3 Å². The van der Waals surface area contributed by atoms with Gasteiger partial charge in [0, 0.05) is 13.1 Å². The summed E-state index contributed by atoms with van der Waals surface area (Å²) in [5, 5.41) is 0.295. The van der Waals surface area contributed by atoms with E-state index in [-0.39, 0.29) is 5.91 Å². The smallest absolute Gasteiger partial charge is 0.256 e. The minimum absolute atomic E-state index is 0.0521. The van der Waals surface area contributed by atoms with E-state index in [1.807, 2.05) is 4.90 Å². The van der Waals surface area contributed by atoms with Gasteiger partial charge >= 0.3 is 0 Å². The third kappa shape index (κ3) is 4.71. The van der Waals surface area contributed by atoms with Crippen LogP contribution < -0.4 is 5.73 Å². The van der Waals surface area contributed by atoms with Crippen molar-refractivity contribution in [1.29, 1.82) is 0 Å². The molecule has 0 spiro atoms. The molecule has 1 aromatic rings. The van der Waals surface area contributed by atoms with Crippen LogP contribution in [0, 0.1) is 0 Å². The first-order valence-corrected chi connectivity index (χ1v) is 7.18. The van der Waals surface area contributed by atoms with E-state index < -0.39 is 0 Å². The van der Waals surface area contributed by atoms with Crippen molar-refractivity contribution in [3.05, 3.63) is 23.0 Å². The molecule has 19 heavy (non-hydrogen) atoms. The predicted molar refractivity (Wildman–Crippen MR) is 79.4 cm³/mol. The number of anilines is 1. The highest BCUT2D eigenvalue weighted by Crippen LogP contribution is 2.18. The highest BCUT2D eigenvalue weighted by molar-refractivity contribution is 6.29. The van der Waals surface area contributed by atoms with Gasteiger partial charge in [-0.25, -0.2) is 4.98 Å². The number of nitrogen functional groups attached to an aromatic ring is 1. The van der Waals surface area contributed by atoms with Crippen LogP contribution in [0.15, 0.2) is 12.3 Å². The first-order valence-electron chi connectivity index (χ1n) is 6.80.